The number of rotatable bonds is 1. The molecule has 0 saturated heterocycles. The fraction of sp³-hybridized carbons (Fsp3) is 0.667. The van der Waals surface area contributed by atoms with Crippen molar-refractivity contribution in [3.63, 3.8) is 0 Å². The lowest BCUT2D eigenvalue weighted by molar-refractivity contribution is 0.391. The smallest absolute Gasteiger partial charge is 0.0169 e. The molecule has 2 aliphatic carbocycles. The van der Waals surface area contributed by atoms with E-state index in [9.17, 15) is 0 Å². The van der Waals surface area contributed by atoms with Crippen LogP contribution in [0.1, 0.15) is 39.0 Å². The van der Waals surface area contributed by atoms with E-state index in [1.807, 2.05) is 0 Å². The summed E-state index contributed by atoms with van der Waals surface area (Å²) < 4.78 is 0. The van der Waals surface area contributed by atoms with Crippen molar-refractivity contribution in [1.29, 1.82) is 0 Å². The molecule has 0 aliphatic heterocycles. The number of hydrogen-bond donors (Lipinski definition) is 0. The van der Waals surface area contributed by atoms with Crippen LogP contribution in [0.25, 0.3) is 0 Å². The molecule has 2 atom stereocenters. The minimum absolute atomic E-state index is 0.935. The maximum atomic E-state index is 2.37. The SMILES string of the molecule is CCC1CCC2=CC=CCCC21. The molecule has 12 heavy (non-hydrogen) atoms. The second-order valence-corrected chi connectivity index (χ2v) is 4.06. The van der Waals surface area contributed by atoms with Gasteiger partial charge in [-0.25, -0.2) is 0 Å². The van der Waals surface area contributed by atoms with E-state index in [1.165, 1.54) is 32.1 Å². The Morgan fingerprint density at radius 1 is 1.42 bits per heavy atom. The van der Waals surface area contributed by atoms with Gasteiger partial charge in [-0.2, -0.15) is 0 Å². The lowest BCUT2D eigenvalue weighted by Crippen LogP contribution is -2.07. The Hall–Kier alpha value is -0.520. The van der Waals surface area contributed by atoms with Crippen molar-refractivity contribution in [2.45, 2.75) is 39.0 Å². The Labute approximate surface area is 75.4 Å². The molecule has 0 aromatic heterocycles. The molecule has 1 saturated carbocycles. The fourth-order valence-corrected chi connectivity index (χ4v) is 2.72. The average molecular weight is 162 g/mol. The van der Waals surface area contributed by atoms with E-state index in [-0.39, 0.29) is 0 Å². The molecule has 0 bridgehead atoms. The van der Waals surface area contributed by atoms with Gasteiger partial charge in [0, 0.05) is 0 Å². The predicted molar refractivity (Wildman–Crippen MR) is 53.0 cm³/mol. The van der Waals surface area contributed by atoms with Crippen molar-refractivity contribution in [2.24, 2.45) is 11.8 Å². The van der Waals surface area contributed by atoms with Crippen molar-refractivity contribution < 1.29 is 0 Å². The molecule has 0 heterocycles. The third-order valence-corrected chi connectivity index (χ3v) is 3.46. The van der Waals surface area contributed by atoms with Gasteiger partial charge in [0.15, 0.2) is 0 Å². The molecular formula is C12H18. The van der Waals surface area contributed by atoms with Crippen LogP contribution in [0.3, 0.4) is 0 Å². The Balaban J connectivity index is 2.14. The lowest BCUT2D eigenvalue weighted by atomic mass is 9.88. The molecule has 0 nitrogen and oxygen atoms in total. The van der Waals surface area contributed by atoms with Crippen molar-refractivity contribution >= 4 is 0 Å². The lowest BCUT2D eigenvalue weighted by Gasteiger charge is -2.17. The minimum atomic E-state index is 0.935. The summed E-state index contributed by atoms with van der Waals surface area (Å²) in [6, 6.07) is 0. The topological polar surface area (TPSA) is 0 Å². The third kappa shape index (κ3) is 1.35. The maximum absolute atomic E-state index is 2.37. The molecule has 0 amide bonds. The van der Waals surface area contributed by atoms with Crippen molar-refractivity contribution in [3.8, 4) is 0 Å². The van der Waals surface area contributed by atoms with Gasteiger partial charge in [-0.15, -0.1) is 0 Å². The van der Waals surface area contributed by atoms with E-state index in [4.69, 9.17) is 0 Å². The molecule has 1 fully saturated rings. The van der Waals surface area contributed by atoms with E-state index in [2.05, 4.69) is 25.2 Å². The first-order valence-electron chi connectivity index (χ1n) is 5.27. The summed E-state index contributed by atoms with van der Waals surface area (Å²) in [7, 11) is 0. The highest BCUT2D eigenvalue weighted by Gasteiger charge is 2.29. The van der Waals surface area contributed by atoms with E-state index >= 15 is 0 Å². The van der Waals surface area contributed by atoms with Crippen LogP contribution >= 0.6 is 0 Å². The summed E-state index contributed by atoms with van der Waals surface area (Å²) in [6.45, 7) is 2.34. The van der Waals surface area contributed by atoms with Crippen LogP contribution in [0.15, 0.2) is 23.8 Å². The second kappa shape index (κ2) is 3.47. The number of hydrogen-bond acceptors (Lipinski definition) is 0. The zero-order valence-corrected chi connectivity index (χ0v) is 7.92. The summed E-state index contributed by atoms with van der Waals surface area (Å²) in [5.74, 6) is 1.93. The van der Waals surface area contributed by atoms with Gasteiger partial charge in [0.25, 0.3) is 0 Å². The molecule has 66 valence electrons. The molecule has 0 aromatic carbocycles. The molecule has 0 N–H and O–H groups in total. The fourth-order valence-electron chi connectivity index (χ4n) is 2.72. The van der Waals surface area contributed by atoms with Crippen molar-refractivity contribution in [3.05, 3.63) is 23.8 Å². The van der Waals surface area contributed by atoms with Gasteiger partial charge >= 0.3 is 0 Å². The molecule has 2 rings (SSSR count). The number of allylic oxidation sites excluding steroid dienone is 4. The van der Waals surface area contributed by atoms with Crippen LogP contribution in [0.4, 0.5) is 0 Å². The van der Waals surface area contributed by atoms with Gasteiger partial charge in [0.1, 0.15) is 0 Å². The average Bonchev–Trinajstić information content (AvgIpc) is 2.33. The zero-order chi connectivity index (χ0) is 8.39. The number of fused-ring (bicyclic) bond motifs is 1. The molecule has 2 aliphatic rings. The highest BCUT2D eigenvalue weighted by atomic mass is 14.3. The van der Waals surface area contributed by atoms with Crippen LogP contribution in [-0.4, -0.2) is 0 Å². The molecule has 0 spiro atoms. The molecular weight excluding hydrogens is 144 g/mol. The highest BCUT2D eigenvalue weighted by molar-refractivity contribution is 5.22. The van der Waals surface area contributed by atoms with Gasteiger partial charge in [0.05, 0.1) is 0 Å². The zero-order valence-electron chi connectivity index (χ0n) is 7.92. The molecule has 2 unspecified atom stereocenters. The van der Waals surface area contributed by atoms with Crippen LogP contribution in [-0.2, 0) is 0 Å². The highest BCUT2D eigenvalue weighted by Crippen LogP contribution is 2.42. The monoisotopic (exact) mass is 162 g/mol. The predicted octanol–water partition coefficient (Wildman–Crippen LogP) is 3.70. The Morgan fingerprint density at radius 3 is 3.17 bits per heavy atom. The maximum Gasteiger partial charge on any atom is -0.0169 e. The van der Waals surface area contributed by atoms with Gasteiger partial charge in [-0.1, -0.05) is 37.1 Å². The van der Waals surface area contributed by atoms with Gasteiger partial charge in [0.2, 0.25) is 0 Å². The first-order valence-corrected chi connectivity index (χ1v) is 5.27. The van der Waals surface area contributed by atoms with E-state index in [0.29, 0.717) is 0 Å². The van der Waals surface area contributed by atoms with E-state index < -0.39 is 0 Å². The third-order valence-electron chi connectivity index (χ3n) is 3.46. The summed E-state index contributed by atoms with van der Waals surface area (Å²) in [5, 5.41) is 0. The molecule has 0 aromatic rings. The quantitative estimate of drug-likeness (QED) is 0.551. The Bertz CT molecular complexity index is 210. The van der Waals surface area contributed by atoms with E-state index in [1.54, 1.807) is 5.57 Å². The van der Waals surface area contributed by atoms with Gasteiger partial charge in [-0.3, -0.25) is 0 Å². The largest absolute Gasteiger partial charge is 0.0845 e. The Morgan fingerprint density at radius 2 is 2.33 bits per heavy atom. The van der Waals surface area contributed by atoms with Crippen molar-refractivity contribution in [1.82, 2.24) is 0 Å². The normalized spacial score (nSPS) is 34.2. The van der Waals surface area contributed by atoms with Crippen LogP contribution in [0.5, 0.6) is 0 Å². The van der Waals surface area contributed by atoms with Gasteiger partial charge < -0.3 is 0 Å². The van der Waals surface area contributed by atoms with Gasteiger partial charge in [-0.05, 0) is 37.5 Å². The molecule has 0 heteroatoms. The van der Waals surface area contributed by atoms with Crippen LogP contribution in [0.2, 0.25) is 0 Å². The summed E-state index contributed by atoms with van der Waals surface area (Å²) in [5.41, 5.74) is 1.73. The second-order valence-electron chi connectivity index (χ2n) is 4.06. The standard InChI is InChI=1S/C12H18/c1-2-10-8-9-11-6-4-3-5-7-12(10)11/h3-4,6,10,12H,2,5,7-9H2,1H3. The Kier molecular flexibility index (Phi) is 2.34. The van der Waals surface area contributed by atoms with E-state index in [0.717, 1.165) is 11.8 Å². The summed E-state index contributed by atoms with van der Waals surface area (Å²) in [4.78, 5) is 0. The van der Waals surface area contributed by atoms with Crippen LogP contribution in [0, 0.1) is 11.8 Å². The molecule has 0 radical (unpaired) electrons. The summed E-state index contributed by atoms with van der Waals surface area (Å²) in [6.07, 6.45) is 13.8. The van der Waals surface area contributed by atoms with Crippen molar-refractivity contribution in [2.75, 3.05) is 0 Å². The first-order chi connectivity index (χ1) is 5.92. The van der Waals surface area contributed by atoms with Crippen LogP contribution < -0.4 is 0 Å². The minimum Gasteiger partial charge on any atom is -0.0845 e. The first kappa shape index (κ1) is 8.10. The summed E-state index contributed by atoms with van der Waals surface area (Å²) >= 11 is 0.